The molecule has 0 unspecified atom stereocenters. The highest BCUT2D eigenvalue weighted by molar-refractivity contribution is 5.95. The van der Waals surface area contributed by atoms with Crippen molar-refractivity contribution in [3.63, 3.8) is 0 Å². The molecule has 1 aliphatic heterocycles. The Morgan fingerprint density at radius 3 is 2.65 bits per heavy atom. The number of likely N-dealkylation sites (tertiary alicyclic amines) is 1. The molecule has 0 aliphatic carbocycles. The number of methoxy groups -OCH3 is 2. The molecular weight excluding hydrogens is 303 g/mol. The number of esters is 1. The smallest absolute Gasteiger partial charge is 0.341 e. The van der Waals surface area contributed by atoms with Gasteiger partial charge in [-0.2, -0.15) is 0 Å². The first-order chi connectivity index (χ1) is 11.0. The molecular formula is C16H21FN2O4. The van der Waals surface area contributed by atoms with Gasteiger partial charge in [0, 0.05) is 12.2 Å². The lowest BCUT2D eigenvalue weighted by Crippen LogP contribution is -2.44. The maximum Gasteiger partial charge on any atom is 0.341 e. The minimum atomic E-state index is -1.74. The Balaban J connectivity index is 1.95. The molecule has 1 aliphatic rings. The molecule has 0 bridgehead atoms. The van der Waals surface area contributed by atoms with Gasteiger partial charge >= 0.3 is 5.97 Å². The number of carbonyl (C=O) groups is 2. The van der Waals surface area contributed by atoms with Crippen LogP contribution in [0.1, 0.15) is 12.8 Å². The summed E-state index contributed by atoms with van der Waals surface area (Å²) in [7, 11) is 2.71. The predicted molar refractivity (Wildman–Crippen MR) is 83.1 cm³/mol. The average Bonchev–Trinajstić information content (AvgIpc) is 3.02. The maximum absolute atomic E-state index is 13.7. The summed E-state index contributed by atoms with van der Waals surface area (Å²) in [5.41, 5.74) is 0.646. The van der Waals surface area contributed by atoms with Crippen LogP contribution in [0.5, 0.6) is 5.75 Å². The highest BCUT2D eigenvalue weighted by Crippen LogP contribution is 2.21. The number of nitrogens with zero attached hydrogens (tertiary/aromatic N) is 1. The number of alkyl halides is 1. The van der Waals surface area contributed by atoms with Gasteiger partial charge in [0.25, 0.3) is 0 Å². The number of amides is 1. The van der Waals surface area contributed by atoms with Crippen molar-refractivity contribution in [2.75, 3.05) is 32.6 Å². The van der Waals surface area contributed by atoms with Crippen LogP contribution in [0.2, 0.25) is 0 Å². The van der Waals surface area contributed by atoms with Crippen molar-refractivity contribution in [2.45, 2.75) is 25.1 Å². The van der Waals surface area contributed by atoms with Crippen LogP contribution in [0.15, 0.2) is 24.3 Å². The van der Waals surface area contributed by atoms with Crippen LogP contribution >= 0.6 is 0 Å². The summed E-state index contributed by atoms with van der Waals surface area (Å²) in [4.78, 5) is 25.3. The third-order valence-corrected chi connectivity index (χ3v) is 3.88. The number of carbonyl (C=O) groups excluding carboxylic acids is 2. The largest absolute Gasteiger partial charge is 0.497 e. The normalized spacial score (nSPS) is 19.2. The van der Waals surface area contributed by atoms with Crippen LogP contribution in [0, 0.1) is 0 Å². The molecule has 0 saturated carbocycles. The number of benzene rings is 1. The number of anilines is 1. The monoisotopic (exact) mass is 324 g/mol. The summed E-state index contributed by atoms with van der Waals surface area (Å²) in [6, 6.07) is 6.53. The van der Waals surface area contributed by atoms with Crippen LogP contribution in [0.4, 0.5) is 10.1 Å². The lowest BCUT2D eigenvalue weighted by molar-refractivity contribution is -0.147. The quantitative estimate of drug-likeness (QED) is 0.805. The zero-order chi connectivity index (χ0) is 16.8. The number of rotatable bonds is 6. The van der Waals surface area contributed by atoms with E-state index in [9.17, 15) is 14.0 Å². The Kier molecular flexibility index (Phi) is 5.92. The summed E-state index contributed by atoms with van der Waals surface area (Å²) in [5, 5.41) is 2.81. The Hall–Kier alpha value is -2.15. The molecule has 1 amide bonds. The Bertz CT molecular complexity index is 550. The van der Waals surface area contributed by atoms with Crippen LogP contribution in [-0.4, -0.2) is 56.3 Å². The second-order valence-corrected chi connectivity index (χ2v) is 5.36. The van der Waals surface area contributed by atoms with E-state index in [4.69, 9.17) is 4.74 Å². The van der Waals surface area contributed by atoms with Gasteiger partial charge < -0.3 is 14.8 Å². The molecule has 6 nitrogen and oxygen atoms in total. The molecule has 1 fully saturated rings. The number of hydrogen-bond donors (Lipinski definition) is 1. The Morgan fingerprint density at radius 1 is 1.35 bits per heavy atom. The van der Waals surface area contributed by atoms with Gasteiger partial charge in [-0.1, -0.05) is 0 Å². The fourth-order valence-electron chi connectivity index (χ4n) is 2.65. The van der Waals surface area contributed by atoms with Crippen molar-refractivity contribution >= 4 is 17.6 Å². The third kappa shape index (κ3) is 4.41. The van der Waals surface area contributed by atoms with Crippen molar-refractivity contribution in [2.24, 2.45) is 0 Å². The molecule has 7 heteroatoms. The van der Waals surface area contributed by atoms with E-state index < -0.39 is 18.2 Å². The number of ether oxygens (including phenoxy) is 2. The van der Waals surface area contributed by atoms with Crippen LogP contribution in [-0.2, 0) is 14.3 Å². The molecule has 1 heterocycles. The summed E-state index contributed by atoms with van der Waals surface area (Å²) >= 11 is 0. The fourth-order valence-corrected chi connectivity index (χ4v) is 2.65. The van der Waals surface area contributed by atoms with Crippen LogP contribution in [0.3, 0.4) is 0 Å². The molecule has 2 rings (SSSR count). The minimum Gasteiger partial charge on any atom is -0.497 e. The molecule has 1 saturated heterocycles. The number of hydrogen-bond acceptors (Lipinski definition) is 5. The van der Waals surface area contributed by atoms with Gasteiger partial charge in [0.2, 0.25) is 12.1 Å². The topological polar surface area (TPSA) is 67.9 Å². The van der Waals surface area contributed by atoms with Crippen molar-refractivity contribution in [1.82, 2.24) is 4.90 Å². The SMILES string of the molecule is COC(=O)[C@@H](F)CN1CCC[C@@H]1C(=O)Nc1ccc(OC)cc1. The van der Waals surface area contributed by atoms with Crippen molar-refractivity contribution in [3.05, 3.63) is 24.3 Å². The summed E-state index contributed by atoms with van der Waals surface area (Å²) in [5.74, 6) is -0.417. The van der Waals surface area contributed by atoms with E-state index in [1.165, 1.54) is 0 Å². The molecule has 1 aromatic carbocycles. The molecule has 23 heavy (non-hydrogen) atoms. The predicted octanol–water partition coefficient (Wildman–Crippen LogP) is 1.61. The zero-order valence-electron chi connectivity index (χ0n) is 13.3. The summed E-state index contributed by atoms with van der Waals surface area (Å²) < 4.78 is 23.2. The second-order valence-electron chi connectivity index (χ2n) is 5.36. The molecule has 1 N–H and O–H groups in total. The van der Waals surface area contributed by atoms with Gasteiger partial charge in [-0.3, -0.25) is 9.69 Å². The Labute approximate surface area is 134 Å². The zero-order valence-corrected chi connectivity index (χ0v) is 13.3. The molecule has 0 spiro atoms. The fraction of sp³-hybridized carbons (Fsp3) is 0.500. The number of nitrogens with one attached hydrogen (secondary N) is 1. The van der Waals surface area contributed by atoms with Crippen molar-refractivity contribution < 1.29 is 23.5 Å². The molecule has 2 atom stereocenters. The van der Waals surface area contributed by atoms with Crippen LogP contribution < -0.4 is 10.1 Å². The van der Waals surface area contributed by atoms with E-state index in [-0.39, 0.29) is 12.5 Å². The number of halogens is 1. The van der Waals surface area contributed by atoms with E-state index >= 15 is 0 Å². The lowest BCUT2D eigenvalue weighted by atomic mass is 10.2. The van der Waals surface area contributed by atoms with E-state index in [1.807, 2.05) is 0 Å². The van der Waals surface area contributed by atoms with Gasteiger partial charge in [0.15, 0.2) is 0 Å². The minimum absolute atomic E-state index is 0.132. The van der Waals surface area contributed by atoms with Crippen molar-refractivity contribution in [3.8, 4) is 5.75 Å². The first-order valence-corrected chi connectivity index (χ1v) is 7.46. The molecule has 1 aromatic rings. The second kappa shape index (κ2) is 7.92. The van der Waals surface area contributed by atoms with E-state index in [0.717, 1.165) is 13.5 Å². The average molecular weight is 324 g/mol. The van der Waals surface area contributed by atoms with Crippen molar-refractivity contribution in [1.29, 1.82) is 0 Å². The van der Waals surface area contributed by atoms with Gasteiger partial charge in [-0.05, 0) is 43.7 Å². The summed E-state index contributed by atoms with van der Waals surface area (Å²) in [6.07, 6.45) is -0.320. The van der Waals surface area contributed by atoms with Gasteiger partial charge in [-0.25, -0.2) is 9.18 Å². The maximum atomic E-state index is 13.7. The Morgan fingerprint density at radius 2 is 2.04 bits per heavy atom. The van der Waals surface area contributed by atoms with E-state index in [2.05, 4.69) is 10.1 Å². The lowest BCUT2D eigenvalue weighted by Gasteiger charge is -2.24. The van der Waals surface area contributed by atoms with Gasteiger partial charge in [0.05, 0.1) is 20.3 Å². The van der Waals surface area contributed by atoms with Gasteiger partial charge in [0.1, 0.15) is 5.75 Å². The first-order valence-electron chi connectivity index (χ1n) is 7.46. The standard InChI is InChI=1S/C16H21FN2O4/c1-22-12-7-5-11(6-8-12)18-15(20)14-4-3-9-19(14)10-13(17)16(21)23-2/h5-8,13-14H,3-4,9-10H2,1-2H3,(H,18,20)/t13-,14+/m0/s1. The highest BCUT2D eigenvalue weighted by atomic mass is 19.1. The highest BCUT2D eigenvalue weighted by Gasteiger charge is 2.34. The molecule has 126 valence electrons. The third-order valence-electron chi connectivity index (χ3n) is 3.88. The molecule has 0 radical (unpaired) electrons. The van der Waals surface area contributed by atoms with E-state index in [1.54, 1.807) is 36.3 Å². The van der Waals surface area contributed by atoms with Crippen LogP contribution in [0.25, 0.3) is 0 Å². The first kappa shape index (κ1) is 17.2. The van der Waals surface area contributed by atoms with Gasteiger partial charge in [-0.15, -0.1) is 0 Å². The van der Waals surface area contributed by atoms with E-state index in [0.29, 0.717) is 24.4 Å². The molecule has 0 aromatic heterocycles. The summed E-state index contributed by atoms with van der Waals surface area (Å²) in [6.45, 7) is 0.450.